The van der Waals surface area contributed by atoms with Crippen molar-refractivity contribution >= 4 is 10.9 Å². The fourth-order valence-electron chi connectivity index (χ4n) is 2.49. The molecule has 3 rings (SSSR count). The molecule has 20 heavy (non-hydrogen) atoms. The summed E-state index contributed by atoms with van der Waals surface area (Å²) < 4.78 is 13.5. The number of para-hydroxylation sites is 1. The molecule has 1 aromatic heterocycles. The summed E-state index contributed by atoms with van der Waals surface area (Å²) in [6.45, 7) is 1.94. The van der Waals surface area contributed by atoms with Gasteiger partial charge in [-0.25, -0.2) is 4.39 Å². The molecule has 3 heteroatoms. The van der Waals surface area contributed by atoms with Crippen molar-refractivity contribution in [3.05, 3.63) is 77.2 Å². The molecule has 0 fully saturated rings. The van der Waals surface area contributed by atoms with Crippen LogP contribution in [0.2, 0.25) is 0 Å². The average molecular weight is 266 g/mol. The summed E-state index contributed by atoms with van der Waals surface area (Å²) >= 11 is 0. The van der Waals surface area contributed by atoms with Gasteiger partial charge in [-0.1, -0.05) is 30.3 Å². The molecule has 100 valence electrons. The zero-order chi connectivity index (χ0) is 14.1. The third-order valence-corrected chi connectivity index (χ3v) is 3.58. The summed E-state index contributed by atoms with van der Waals surface area (Å²) in [7, 11) is 0. The van der Waals surface area contributed by atoms with Gasteiger partial charge in [-0.15, -0.1) is 0 Å². The van der Waals surface area contributed by atoms with Crippen LogP contribution in [-0.2, 0) is 0 Å². The summed E-state index contributed by atoms with van der Waals surface area (Å²) in [4.78, 5) is 4.41. The second kappa shape index (κ2) is 5.02. The molecule has 0 radical (unpaired) electrons. The lowest BCUT2D eigenvalue weighted by Gasteiger charge is -2.17. The van der Waals surface area contributed by atoms with Crippen molar-refractivity contribution in [2.24, 2.45) is 5.73 Å². The maximum Gasteiger partial charge on any atom is 0.123 e. The Balaban J connectivity index is 2.17. The molecule has 0 aliphatic carbocycles. The van der Waals surface area contributed by atoms with Gasteiger partial charge in [-0.2, -0.15) is 0 Å². The lowest BCUT2D eigenvalue weighted by atomic mass is 9.94. The molecule has 3 aromatic rings. The molecule has 0 bridgehead atoms. The van der Waals surface area contributed by atoms with Crippen LogP contribution in [0.3, 0.4) is 0 Å². The second-order valence-electron chi connectivity index (χ2n) is 4.90. The molecule has 1 heterocycles. The van der Waals surface area contributed by atoms with E-state index in [2.05, 4.69) is 4.98 Å². The zero-order valence-electron chi connectivity index (χ0n) is 11.2. The van der Waals surface area contributed by atoms with E-state index in [4.69, 9.17) is 5.73 Å². The lowest BCUT2D eigenvalue weighted by Crippen LogP contribution is -2.14. The number of nitrogens with two attached hydrogens (primary N) is 1. The van der Waals surface area contributed by atoms with E-state index in [-0.39, 0.29) is 11.9 Å². The summed E-state index contributed by atoms with van der Waals surface area (Å²) in [5.74, 6) is -0.269. The number of rotatable bonds is 2. The maximum absolute atomic E-state index is 13.5. The van der Waals surface area contributed by atoms with Crippen molar-refractivity contribution in [2.45, 2.75) is 13.0 Å². The molecule has 0 saturated heterocycles. The van der Waals surface area contributed by atoms with Gasteiger partial charge in [-0.05, 0) is 41.8 Å². The molecule has 0 saturated carbocycles. The molecule has 0 aliphatic rings. The molecule has 0 amide bonds. The zero-order valence-corrected chi connectivity index (χ0v) is 11.2. The SMILES string of the molecule is Cc1ccc(F)cc1C(N)c1cccc2cccnc12. The summed E-state index contributed by atoms with van der Waals surface area (Å²) in [6.07, 6.45) is 1.75. The second-order valence-corrected chi connectivity index (χ2v) is 4.90. The van der Waals surface area contributed by atoms with E-state index >= 15 is 0 Å². The van der Waals surface area contributed by atoms with Gasteiger partial charge in [-0.3, -0.25) is 4.98 Å². The molecule has 1 atom stereocenters. The van der Waals surface area contributed by atoms with Crippen LogP contribution < -0.4 is 5.73 Å². The third kappa shape index (κ3) is 2.17. The van der Waals surface area contributed by atoms with Gasteiger partial charge in [0, 0.05) is 11.6 Å². The quantitative estimate of drug-likeness (QED) is 0.767. The smallest absolute Gasteiger partial charge is 0.123 e. The summed E-state index contributed by atoms with van der Waals surface area (Å²) in [5, 5.41) is 1.04. The van der Waals surface area contributed by atoms with Gasteiger partial charge in [0.05, 0.1) is 11.6 Å². The Morgan fingerprint density at radius 1 is 1.05 bits per heavy atom. The van der Waals surface area contributed by atoms with Crippen molar-refractivity contribution in [1.29, 1.82) is 0 Å². The Kier molecular flexibility index (Phi) is 3.20. The highest BCUT2D eigenvalue weighted by molar-refractivity contribution is 5.82. The van der Waals surface area contributed by atoms with Crippen LogP contribution in [0.25, 0.3) is 10.9 Å². The number of aromatic nitrogens is 1. The van der Waals surface area contributed by atoms with Crippen molar-refractivity contribution in [3.8, 4) is 0 Å². The predicted octanol–water partition coefficient (Wildman–Crippen LogP) is 3.73. The van der Waals surface area contributed by atoms with Gasteiger partial charge < -0.3 is 5.73 Å². The monoisotopic (exact) mass is 266 g/mol. The minimum absolute atomic E-state index is 0.269. The van der Waals surface area contributed by atoms with Crippen molar-refractivity contribution in [1.82, 2.24) is 4.98 Å². The average Bonchev–Trinajstić information content (AvgIpc) is 2.48. The minimum Gasteiger partial charge on any atom is -0.320 e. The van der Waals surface area contributed by atoms with Gasteiger partial charge >= 0.3 is 0 Å². The third-order valence-electron chi connectivity index (χ3n) is 3.58. The topological polar surface area (TPSA) is 38.9 Å². The first kappa shape index (κ1) is 12.8. The highest BCUT2D eigenvalue weighted by atomic mass is 19.1. The predicted molar refractivity (Wildman–Crippen MR) is 78.9 cm³/mol. The van der Waals surface area contributed by atoms with E-state index in [1.807, 2.05) is 37.3 Å². The first-order chi connectivity index (χ1) is 9.66. The first-order valence-electron chi connectivity index (χ1n) is 6.52. The van der Waals surface area contributed by atoms with E-state index in [1.165, 1.54) is 12.1 Å². The Bertz CT molecular complexity index is 763. The maximum atomic E-state index is 13.5. The van der Waals surface area contributed by atoms with Crippen LogP contribution in [0.1, 0.15) is 22.7 Å². The Morgan fingerprint density at radius 3 is 2.70 bits per heavy atom. The normalized spacial score (nSPS) is 12.6. The van der Waals surface area contributed by atoms with Crippen LogP contribution in [0.5, 0.6) is 0 Å². The molecule has 2 aromatic carbocycles. The van der Waals surface area contributed by atoms with Crippen molar-refractivity contribution in [2.75, 3.05) is 0 Å². The van der Waals surface area contributed by atoms with Crippen LogP contribution in [0.4, 0.5) is 4.39 Å². The number of nitrogens with zero attached hydrogens (tertiary/aromatic N) is 1. The fourth-order valence-corrected chi connectivity index (χ4v) is 2.49. The van der Waals surface area contributed by atoms with E-state index in [1.54, 1.807) is 12.3 Å². The van der Waals surface area contributed by atoms with E-state index in [0.29, 0.717) is 0 Å². The van der Waals surface area contributed by atoms with Crippen molar-refractivity contribution < 1.29 is 4.39 Å². The molecule has 2 nitrogen and oxygen atoms in total. The van der Waals surface area contributed by atoms with Crippen LogP contribution in [-0.4, -0.2) is 4.98 Å². The van der Waals surface area contributed by atoms with Crippen LogP contribution >= 0.6 is 0 Å². The van der Waals surface area contributed by atoms with Crippen LogP contribution in [0, 0.1) is 12.7 Å². The number of hydrogen-bond donors (Lipinski definition) is 1. The van der Waals surface area contributed by atoms with E-state index in [9.17, 15) is 4.39 Å². The molecule has 1 unspecified atom stereocenters. The van der Waals surface area contributed by atoms with Crippen LogP contribution in [0.15, 0.2) is 54.7 Å². The van der Waals surface area contributed by atoms with Crippen molar-refractivity contribution in [3.63, 3.8) is 0 Å². The van der Waals surface area contributed by atoms with Gasteiger partial charge in [0.1, 0.15) is 5.82 Å². The van der Waals surface area contributed by atoms with E-state index < -0.39 is 0 Å². The van der Waals surface area contributed by atoms with Gasteiger partial charge in [0.25, 0.3) is 0 Å². The number of hydrogen-bond acceptors (Lipinski definition) is 2. The largest absolute Gasteiger partial charge is 0.320 e. The summed E-state index contributed by atoms with van der Waals surface area (Å²) in [6, 6.07) is 14.1. The summed E-state index contributed by atoms with van der Waals surface area (Å²) in [5.41, 5.74) is 9.90. The number of benzene rings is 2. The number of pyridine rings is 1. The Hall–Kier alpha value is -2.26. The molecular formula is C17H15FN2. The molecule has 2 N–H and O–H groups in total. The highest BCUT2D eigenvalue weighted by Crippen LogP contribution is 2.28. The minimum atomic E-state index is -0.385. The molecule has 0 aliphatic heterocycles. The number of halogens is 1. The Morgan fingerprint density at radius 2 is 1.85 bits per heavy atom. The number of aryl methyl sites for hydroxylation is 1. The van der Waals surface area contributed by atoms with Gasteiger partial charge in [0.2, 0.25) is 0 Å². The first-order valence-corrected chi connectivity index (χ1v) is 6.52. The lowest BCUT2D eigenvalue weighted by molar-refractivity contribution is 0.623. The highest BCUT2D eigenvalue weighted by Gasteiger charge is 2.15. The number of fused-ring (bicyclic) bond motifs is 1. The fraction of sp³-hybridized carbons (Fsp3) is 0.118. The van der Waals surface area contributed by atoms with Gasteiger partial charge in [0.15, 0.2) is 0 Å². The standard InChI is InChI=1S/C17H15FN2/c1-11-7-8-13(18)10-15(11)16(19)14-6-2-4-12-5-3-9-20-17(12)14/h2-10,16H,19H2,1H3. The van der Waals surface area contributed by atoms with E-state index in [0.717, 1.165) is 27.6 Å². The molecular weight excluding hydrogens is 251 g/mol. The Labute approximate surface area is 117 Å². The molecule has 0 spiro atoms.